The molecule has 0 bridgehead atoms. The fraction of sp³-hybridized carbons (Fsp3) is 0.912. The number of rotatable bonds is 5. The largest absolute Gasteiger partial charge is 0.449 e. The monoisotopic (exact) mass is 605 g/mol. The minimum absolute atomic E-state index is 0.0876. The highest BCUT2D eigenvalue weighted by molar-refractivity contribution is 7.86. The maximum absolute atomic E-state index is 13.3. The van der Waals surface area contributed by atoms with Crippen LogP contribution in [0.25, 0.3) is 0 Å². The highest BCUT2D eigenvalue weighted by Gasteiger charge is 2.61. The van der Waals surface area contributed by atoms with Crippen LogP contribution in [0.4, 0.5) is 4.79 Å². The van der Waals surface area contributed by atoms with Gasteiger partial charge in [-0.2, -0.15) is 8.42 Å². The van der Waals surface area contributed by atoms with E-state index >= 15 is 0 Å². The maximum Gasteiger partial charge on any atom is 0.410 e. The van der Waals surface area contributed by atoms with Gasteiger partial charge in [0.2, 0.25) is 0 Å². The normalized spacial score (nSPS) is 45.2. The van der Waals surface area contributed by atoms with E-state index in [2.05, 4.69) is 34.6 Å². The average molecular weight is 606 g/mol. The third kappa shape index (κ3) is 5.37. The van der Waals surface area contributed by atoms with Gasteiger partial charge >= 0.3 is 6.09 Å². The van der Waals surface area contributed by atoms with Crippen LogP contribution in [0.5, 0.6) is 0 Å². The van der Waals surface area contributed by atoms with E-state index in [1.807, 2.05) is 4.90 Å². The summed E-state index contributed by atoms with van der Waals surface area (Å²) in [6.07, 6.45) is 13.5. The van der Waals surface area contributed by atoms with Crippen molar-refractivity contribution in [3.63, 3.8) is 0 Å². The summed E-state index contributed by atoms with van der Waals surface area (Å²) in [6.45, 7) is 12.9. The molecule has 1 amide bonds. The van der Waals surface area contributed by atoms with E-state index in [1.54, 1.807) is 5.57 Å². The van der Waals surface area contributed by atoms with Crippen LogP contribution in [0.3, 0.4) is 0 Å². The molecule has 0 aromatic rings. The predicted molar refractivity (Wildman–Crippen MR) is 163 cm³/mol. The molecule has 1 spiro atoms. The lowest BCUT2D eigenvalue weighted by molar-refractivity contribution is -0.0819. The van der Waals surface area contributed by atoms with Gasteiger partial charge in [-0.05, 0) is 113 Å². The molecular weight excluding hydrogens is 550 g/mol. The maximum atomic E-state index is 13.3. The Morgan fingerprint density at radius 2 is 1.90 bits per heavy atom. The summed E-state index contributed by atoms with van der Waals surface area (Å²) >= 11 is 0. The first-order valence-electron chi connectivity index (χ1n) is 17.0. The van der Waals surface area contributed by atoms with Gasteiger partial charge in [-0.1, -0.05) is 45.3 Å². The fourth-order valence-corrected chi connectivity index (χ4v) is 11.6. The number of unbranched alkanes of at least 4 members (excludes halogenated alkanes) is 1. The van der Waals surface area contributed by atoms with Crippen LogP contribution < -0.4 is 0 Å². The Morgan fingerprint density at radius 3 is 2.64 bits per heavy atom. The van der Waals surface area contributed by atoms with Crippen LogP contribution in [0.2, 0.25) is 0 Å². The molecule has 3 saturated carbocycles. The Balaban J connectivity index is 1.20. The number of allylic oxidation sites excluding steroid dienone is 1. The zero-order valence-electron chi connectivity index (χ0n) is 26.9. The topological polar surface area (TPSA) is 82.1 Å². The molecule has 6 rings (SSSR count). The van der Waals surface area contributed by atoms with E-state index in [4.69, 9.17) is 13.7 Å². The van der Waals surface area contributed by atoms with E-state index in [-0.39, 0.29) is 41.3 Å². The third-order valence-corrected chi connectivity index (χ3v) is 13.6. The lowest BCUT2D eigenvalue weighted by Gasteiger charge is -2.54. The van der Waals surface area contributed by atoms with E-state index in [0.717, 1.165) is 57.9 Å². The van der Waals surface area contributed by atoms with Gasteiger partial charge in [0, 0.05) is 12.5 Å². The zero-order valence-corrected chi connectivity index (χ0v) is 27.7. The molecule has 0 N–H and O–H groups in total. The SMILES string of the molecule is CCCCOC(=O)N1C[C@@H](C)C[C@H]2O[C@]3(CC[C@@H]4C(=C(C)C3)C[C@H]3[C@H]4CC[C@@H]4C[C@@H](OS(C)(=O)=O)CC[C@@]43C)[C@H](C)[C@@H]21. The third-order valence-electron chi connectivity index (χ3n) is 13.0. The molecule has 11 atom stereocenters. The summed E-state index contributed by atoms with van der Waals surface area (Å²) < 4.78 is 42.0. The minimum atomic E-state index is -3.42. The molecule has 7 nitrogen and oxygen atoms in total. The number of ether oxygens (including phenoxy) is 2. The summed E-state index contributed by atoms with van der Waals surface area (Å²) in [5.41, 5.74) is 3.29. The number of nitrogens with zero attached hydrogens (tertiary/aromatic N) is 1. The summed E-state index contributed by atoms with van der Waals surface area (Å²) in [6, 6.07) is 0.0949. The number of likely N-dealkylation sites (tertiary alicyclic amines) is 1. The Morgan fingerprint density at radius 1 is 1.12 bits per heavy atom. The van der Waals surface area contributed by atoms with Crippen LogP contribution in [-0.4, -0.2) is 62.7 Å². The zero-order chi connectivity index (χ0) is 30.0. The first-order chi connectivity index (χ1) is 19.8. The molecule has 0 aromatic carbocycles. The van der Waals surface area contributed by atoms with Gasteiger partial charge in [-0.25, -0.2) is 4.79 Å². The van der Waals surface area contributed by atoms with Crippen LogP contribution >= 0.6 is 0 Å². The van der Waals surface area contributed by atoms with Gasteiger partial charge in [0.25, 0.3) is 10.1 Å². The van der Waals surface area contributed by atoms with E-state index in [0.29, 0.717) is 36.2 Å². The highest BCUT2D eigenvalue weighted by atomic mass is 32.2. The summed E-state index contributed by atoms with van der Waals surface area (Å²) in [5, 5.41) is 0. The number of amides is 1. The Kier molecular flexibility index (Phi) is 8.35. The molecule has 238 valence electrons. The number of piperidine rings is 1. The van der Waals surface area contributed by atoms with Crippen molar-refractivity contribution in [2.75, 3.05) is 19.4 Å². The number of fused-ring (bicyclic) bond motifs is 6. The first-order valence-corrected chi connectivity index (χ1v) is 18.8. The second kappa shape index (κ2) is 11.3. The first kappa shape index (κ1) is 30.9. The van der Waals surface area contributed by atoms with E-state index < -0.39 is 10.1 Å². The molecule has 0 aromatic heterocycles. The molecule has 5 fully saturated rings. The van der Waals surface area contributed by atoms with Crippen molar-refractivity contribution in [3.8, 4) is 0 Å². The summed E-state index contributed by atoms with van der Waals surface area (Å²) in [7, 11) is -3.42. The standard InChI is InChI=1S/C34H55NO6S/c1-7-8-15-39-32(36)35-20-21(2)16-30-31(35)23(4)34(40-30)14-12-26-27-10-9-24-17-25(41-42(6,37)38)11-13-33(24,5)29(27)18-28(26)22(3)19-34/h21,23-27,29-31H,7-20H2,1-6H3/t21-,23+,24+,25-,26-,27-,29-,30+,31-,33-,34-/m0/s1. The molecular formula is C34H55NO6S. The molecule has 8 heteroatoms. The van der Waals surface area contributed by atoms with Gasteiger partial charge in [0.1, 0.15) is 0 Å². The summed E-state index contributed by atoms with van der Waals surface area (Å²) in [5.74, 6) is 3.24. The number of carbonyl (C=O) groups is 1. The van der Waals surface area contributed by atoms with Gasteiger partial charge in [0.05, 0.1) is 36.7 Å². The van der Waals surface area contributed by atoms with Gasteiger partial charge in [0.15, 0.2) is 0 Å². The number of hydrogen-bond donors (Lipinski definition) is 0. The lowest BCUT2D eigenvalue weighted by atomic mass is 9.52. The molecule has 42 heavy (non-hydrogen) atoms. The molecule has 0 radical (unpaired) electrons. The van der Waals surface area contributed by atoms with Crippen molar-refractivity contribution < 1.29 is 26.9 Å². The average Bonchev–Trinajstić information content (AvgIpc) is 3.37. The van der Waals surface area contributed by atoms with Crippen LogP contribution in [0, 0.1) is 40.9 Å². The van der Waals surface area contributed by atoms with Crippen molar-refractivity contribution in [1.29, 1.82) is 0 Å². The van der Waals surface area contributed by atoms with Crippen molar-refractivity contribution in [2.45, 2.75) is 136 Å². The summed E-state index contributed by atoms with van der Waals surface area (Å²) in [4.78, 5) is 15.3. The van der Waals surface area contributed by atoms with Crippen LogP contribution in [-0.2, 0) is 23.8 Å². The van der Waals surface area contributed by atoms with E-state index in [1.165, 1.54) is 37.5 Å². The Bertz CT molecular complexity index is 1180. The lowest BCUT2D eigenvalue weighted by Crippen LogP contribution is -2.54. The highest BCUT2D eigenvalue weighted by Crippen LogP contribution is 2.65. The van der Waals surface area contributed by atoms with Crippen molar-refractivity contribution in [1.82, 2.24) is 4.90 Å². The second-order valence-corrected chi connectivity index (χ2v) is 17.1. The van der Waals surface area contributed by atoms with Crippen LogP contribution in [0.1, 0.15) is 112 Å². The Labute approximate surface area is 254 Å². The molecule has 2 saturated heterocycles. The molecule has 2 heterocycles. The number of hydrogen-bond acceptors (Lipinski definition) is 6. The quantitative estimate of drug-likeness (QED) is 0.189. The van der Waals surface area contributed by atoms with Crippen molar-refractivity contribution >= 4 is 16.2 Å². The minimum Gasteiger partial charge on any atom is -0.449 e. The van der Waals surface area contributed by atoms with Gasteiger partial charge in [-0.15, -0.1) is 0 Å². The van der Waals surface area contributed by atoms with Crippen molar-refractivity contribution in [2.24, 2.45) is 40.9 Å². The second-order valence-electron chi connectivity index (χ2n) is 15.5. The fourth-order valence-electron chi connectivity index (χ4n) is 10.9. The molecule has 4 aliphatic carbocycles. The molecule has 6 aliphatic rings. The van der Waals surface area contributed by atoms with Gasteiger partial charge in [-0.3, -0.25) is 4.18 Å². The molecule has 2 aliphatic heterocycles. The Hall–Kier alpha value is -1.12. The van der Waals surface area contributed by atoms with E-state index in [9.17, 15) is 13.2 Å². The van der Waals surface area contributed by atoms with Crippen molar-refractivity contribution in [3.05, 3.63) is 11.1 Å². The smallest absolute Gasteiger partial charge is 0.410 e. The van der Waals surface area contributed by atoms with Gasteiger partial charge < -0.3 is 14.4 Å². The van der Waals surface area contributed by atoms with Crippen LogP contribution in [0.15, 0.2) is 11.1 Å². The molecule has 0 unspecified atom stereocenters. The predicted octanol–water partition coefficient (Wildman–Crippen LogP) is 7.10. The number of carbonyl (C=O) groups excluding carboxylic acids is 1.